The molecule has 2 nitrogen and oxygen atoms in total. The van der Waals surface area contributed by atoms with Gasteiger partial charge in [0.15, 0.2) is 0 Å². The van der Waals surface area contributed by atoms with Crippen LogP contribution in [0.15, 0.2) is 22.7 Å². The summed E-state index contributed by atoms with van der Waals surface area (Å²) in [5.74, 6) is 0. The first-order chi connectivity index (χ1) is 8.09. The van der Waals surface area contributed by atoms with E-state index in [1.807, 2.05) is 18.2 Å². The predicted molar refractivity (Wildman–Crippen MR) is 74.4 cm³/mol. The monoisotopic (exact) mass is 317 g/mol. The SMILES string of the molecule is CC1(NCc2ccc(Br)cc2Cl)CCCOC1. The standard InChI is InChI=1S/C13H17BrClNO/c1-13(5-2-6-17-9-13)16-8-10-3-4-11(14)7-12(10)15/h3-4,7,16H,2,5-6,8-9H2,1H3. The molecule has 1 aliphatic heterocycles. The van der Waals surface area contributed by atoms with Crippen molar-refractivity contribution in [2.24, 2.45) is 0 Å². The van der Waals surface area contributed by atoms with Crippen LogP contribution in [0.2, 0.25) is 5.02 Å². The Bertz CT molecular complexity index is 391. The van der Waals surface area contributed by atoms with Gasteiger partial charge in [0.05, 0.1) is 6.61 Å². The fourth-order valence-electron chi connectivity index (χ4n) is 2.05. The molecule has 0 bridgehead atoms. The molecule has 1 unspecified atom stereocenters. The maximum atomic E-state index is 6.19. The van der Waals surface area contributed by atoms with E-state index in [1.165, 1.54) is 0 Å². The molecule has 0 spiro atoms. The normalized spacial score (nSPS) is 24.9. The molecule has 1 saturated heterocycles. The zero-order valence-corrected chi connectivity index (χ0v) is 12.3. The Morgan fingerprint density at radius 3 is 3.00 bits per heavy atom. The summed E-state index contributed by atoms with van der Waals surface area (Å²) >= 11 is 9.60. The zero-order valence-electron chi connectivity index (χ0n) is 9.93. The molecule has 1 fully saturated rings. The van der Waals surface area contributed by atoms with Gasteiger partial charge in [0.2, 0.25) is 0 Å². The summed E-state index contributed by atoms with van der Waals surface area (Å²) in [5.41, 5.74) is 1.20. The molecule has 1 aliphatic rings. The minimum absolute atomic E-state index is 0.0780. The summed E-state index contributed by atoms with van der Waals surface area (Å²) in [6.45, 7) is 4.66. The summed E-state index contributed by atoms with van der Waals surface area (Å²) in [4.78, 5) is 0. The molecule has 0 aromatic heterocycles. The van der Waals surface area contributed by atoms with Crippen LogP contribution < -0.4 is 5.32 Å². The number of hydrogen-bond donors (Lipinski definition) is 1. The molecule has 0 saturated carbocycles. The number of benzene rings is 1. The highest BCUT2D eigenvalue weighted by Crippen LogP contribution is 2.23. The summed E-state index contributed by atoms with van der Waals surface area (Å²) in [6.07, 6.45) is 2.28. The topological polar surface area (TPSA) is 21.3 Å². The zero-order chi connectivity index (χ0) is 12.3. The third-order valence-corrected chi connectivity index (χ3v) is 4.00. The number of ether oxygens (including phenoxy) is 1. The quantitative estimate of drug-likeness (QED) is 0.916. The number of rotatable bonds is 3. The molecule has 0 radical (unpaired) electrons. The van der Waals surface area contributed by atoms with Gasteiger partial charge in [0.25, 0.3) is 0 Å². The van der Waals surface area contributed by atoms with Crippen LogP contribution in [0.3, 0.4) is 0 Å². The Morgan fingerprint density at radius 1 is 1.53 bits per heavy atom. The average Bonchev–Trinajstić information content (AvgIpc) is 2.29. The molecular weight excluding hydrogens is 302 g/mol. The van der Waals surface area contributed by atoms with E-state index in [1.54, 1.807) is 0 Å². The van der Waals surface area contributed by atoms with Gasteiger partial charge in [0, 0.05) is 28.2 Å². The van der Waals surface area contributed by atoms with Crippen LogP contribution in [-0.4, -0.2) is 18.8 Å². The molecule has 1 aromatic rings. The number of hydrogen-bond acceptors (Lipinski definition) is 2. The first kappa shape index (κ1) is 13.3. The molecule has 1 aromatic carbocycles. The average molecular weight is 319 g/mol. The van der Waals surface area contributed by atoms with Crippen LogP contribution in [0.1, 0.15) is 25.3 Å². The summed E-state index contributed by atoms with van der Waals surface area (Å²) in [5, 5.41) is 4.35. The smallest absolute Gasteiger partial charge is 0.0645 e. The van der Waals surface area contributed by atoms with Gasteiger partial charge in [-0.25, -0.2) is 0 Å². The van der Waals surface area contributed by atoms with Gasteiger partial charge in [-0.1, -0.05) is 33.6 Å². The minimum atomic E-state index is 0.0780. The first-order valence-electron chi connectivity index (χ1n) is 5.86. The number of nitrogens with one attached hydrogen (secondary N) is 1. The molecule has 1 N–H and O–H groups in total. The van der Waals surface area contributed by atoms with Crippen molar-refractivity contribution >= 4 is 27.5 Å². The van der Waals surface area contributed by atoms with E-state index in [0.717, 1.165) is 47.7 Å². The van der Waals surface area contributed by atoms with Gasteiger partial charge in [-0.2, -0.15) is 0 Å². The number of halogens is 2. The van der Waals surface area contributed by atoms with Crippen molar-refractivity contribution in [2.45, 2.75) is 31.8 Å². The van der Waals surface area contributed by atoms with Crippen molar-refractivity contribution in [3.05, 3.63) is 33.3 Å². The minimum Gasteiger partial charge on any atom is -0.380 e. The van der Waals surface area contributed by atoms with Gasteiger partial charge >= 0.3 is 0 Å². The molecule has 1 atom stereocenters. The van der Waals surface area contributed by atoms with Crippen LogP contribution >= 0.6 is 27.5 Å². The molecule has 0 aliphatic carbocycles. The van der Waals surface area contributed by atoms with E-state index >= 15 is 0 Å². The lowest BCUT2D eigenvalue weighted by molar-refractivity contribution is 0.0278. The van der Waals surface area contributed by atoms with E-state index in [9.17, 15) is 0 Å². The maximum absolute atomic E-state index is 6.19. The van der Waals surface area contributed by atoms with Gasteiger partial charge in [-0.3, -0.25) is 0 Å². The van der Waals surface area contributed by atoms with Crippen LogP contribution in [0.4, 0.5) is 0 Å². The molecule has 0 amide bonds. The highest BCUT2D eigenvalue weighted by atomic mass is 79.9. The summed E-state index contributed by atoms with van der Waals surface area (Å²) in [7, 11) is 0. The van der Waals surface area contributed by atoms with E-state index in [-0.39, 0.29) is 5.54 Å². The summed E-state index contributed by atoms with van der Waals surface area (Å²) in [6, 6.07) is 5.99. The Labute approximate surface area is 116 Å². The van der Waals surface area contributed by atoms with E-state index in [2.05, 4.69) is 28.2 Å². The lowest BCUT2D eigenvalue weighted by atomic mass is 9.94. The van der Waals surface area contributed by atoms with Gasteiger partial charge in [0.1, 0.15) is 0 Å². The van der Waals surface area contributed by atoms with E-state index in [4.69, 9.17) is 16.3 Å². The van der Waals surface area contributed by atoms with Crippen molar-refractivity contribution in [1.29, 1.82) is 0 Å². The highest BCUT2D eigenvalue weighted by Gasteiger charge is 2.26. The largest absolute Gasteiger partial charge is 0.380 e. The summed E-state index contributed by atoms with van der Waals surface area (Å²) < 4.78 is 6.53. The second-order valence-corrected chi connectivity index (χ2v) is 6.13. The molecule has 94 valence electrons. The molecule has 1 heterocycles. The Kier molecular flexibility index (Phi) is 4.47. The molecular formula is C13H17BrClNO. The Hall–Kier alpha value is -0.0900. The van der Waals surface area contributed by atoms with Crippen LogP contribution in [-0.2, 0) is 11.3 Å². The second kappa shape index (κ2) is 5.70. The van der Waals surface area contributed by atoms with Gasteiger partial charge < -0.3 is 10.1 Å². The Balaban J connectivity index is 1.97. The fraction of sp³-hybridized carbons (Fsp3) is 0.538. The predicted octanol–water partition coefficient (Wildman–Crippen LogP) is 3.76. The lowest BCUT2D eigenvalue weighted by Gasteiger charge is -2.34. The highest BCUT2D eigenvalue weighted by molar-refractivity contribution is 9.10. The first-order valence-corrected chi connectivity index (χ1v) is 7.03. The van der Waals surface area contributed by atoms with Crippen molar-refractivity contribution in [3.8, 4) is 0 Å². The lowest BCUT2D eigenvalue weighted by Crippen LogP contribution is -2.48. The van der Waals surface area contributed by atoms with Gasteiger partial charge in [-0.15, -0.1) is 0 Å². The van der Waals surface area contributed by atoms with Crippen molar-refractivity contribution in [2.75, 3.05) is 13.2 Å². The van der Waals surface area contributed by atoms with Crippen molar-refractivity contribution < 1.29 is 4.74 Å². The molecule has 17 heavy (non-hydrogen) atoms. The third-order valence-electron chi connectivity index (χ3n) is 3.16. The Morgan fingerprint density at radius 2 is 2.35 bits per heavy atom. The molecule has 2 rings (SSSR count). The third kappa shape index (κ3) is 3.68. The van der Waals surface area contributed by atoms with Gasteiger partial charge in [-0.05, 0) is 37.5 Å². The van der Waals surface area contributed by atoms with Crippen LogP contribution in [0, 0.1) is 0 Å². The van der Waals surface area contributed by atoms with E-state index < -0.39 is 0 Å². The fourth-order valence-corrected chi connectivity index (χ4v) is 2.79. The van der Waals surface area contributed by atoms with E-state index in [0.29, 0.717) is 0 Å². The second-order valence-electron chi connectivity index (χ2n) is 4.81. The van der Waals surface area contributed by atoms with Crippen LogP contribution in [0.5, 0.6) is 0 Å². The maximum Gasteiger partial charge on any atom is 0.0645 e. The molecule has 4 heteroatoms. The van der Waals surface area contributed by atoms with Crippen molar-refractivity contribution in [3.63, 3.8) is 0 Å². The van der Waals surface area contributed by atoms with Crippen molar-refractivity contribution in [1.82, 2.24) is 5.32 Å². The van der Waals surface area contributed by atoms with Crippen LogP contribution in [0.25, 0.3) is 0 Å².